The van der Waals surface area contributed by atoms with Crippen molar-refractivity contribution in [2.45, 2.75) is 56.6 Å². The van der Waals surface area contributed by atoms with Crippen LogP contribution >= 0.6 is 0 Å². The summed E-state index contributed by atoms with van der Waals surface area (Å²) < 4.78 is 17.7. The summed E-state index contributed by atoms with van der Waals surface area (Å²) in [6.45, 7) is 7.54. The third-order valence-electron chi connectivity index (χ3n) is 8.58. The Labute approximate surface area is 234 Å². The number of morpholine rings is 1. The molecule has 220 valence electrons. The number of cyclic esters (lactones) is 1. The Morgan fingerprint density at radius 2 is 1.90 bits per heavy atom. The van der Waals surface area contributed by atoms with Crippen LogP contribution in [0.5, 0.6) is 0 Å². The van der Waals surface area contributed by atoms with Crippen LogP contribution in [-0.2, 0) is 33.4 Å². The minimum Gasteiger partial charge on any atom is -0.460 e. The van der Waals surface area contributed by atoms with Crippen LogP contribution in [0.25, 0.3) is 0 Å². The van der Waals surface area contributed by atoms with Crippen LogP contribution in [0.15, 0.2) is 24.3 Å². The highest BCUT2D eigenvalue weighted by molar-refractivity contribution is 5.99. The summed E-state index contributed by atoms with van der Waals surface area (Å²) in [6, 6.07) is -1.70. The molecule has 0 aromatic rings. The van der Waals surface area contributed by atoms with Gasteiger partial charge in [-0.15, -0.1) is 0 Å². The van der Waals surface area contributed by atoms with Crippen LogP contribution in [0.1, 0.15) is 26.7 Å². The Bertz CT molecular complexity index is 1060. The van der Waals surface area contributed by atoms with E-state index in [4.69, 9.17) is 14.2 Å². The number of amides is 3. The standard InChI is InChI=1S/C28H40N4O8/c1-18(17-33)32-24-26(36)31(11-10-30-12-14-38-15-13-30)9-5-8-28(24)23(25(32)35)22-20(40-28)6-3-4-7-21(34)29-16-19(2)39-27(22)37/h3,5-6,8,18-20,22-24,33H,4,7,9-17H2,1-2H3,(H,29,34)/b6-3-/t18-,19+,20+,22-,23-,24+,28-/m1/s1. The number of aliphatic hydroxyl groups is 1. The molecule has 2 N–H and O–H groups in total. The van der Waals surface area contributed by atoms with Crippen molar-refractivity contribution in [3.05, 3.63) is 24.3 Å². The summed E-state index contributed by atoms with van der Waals surface area (Å²) >= 11 is 0. The van der Waals surface area contributed by atoms with Gasteiger partial charge in [-0.1, -0.05) is 24.3 Å². The van der Waals surface area contributed by atoms with Gasteiger partial charge in [0.2, 0.25) is 17.7 Å². The average molecular weight is 561 g/mol. The van der Waals surface area contributed by atoms with Gasteiger partial charge in [0.15, 0.2) is 0 Å². The topological polar surface area (TPSA) is 138 Å². The van der Waals surface area contributed by atoms with Crippen molar-refractivity contribution < 1.29 is 38.5 Å². The number of hydrogen-bond donors (Lipinski definition) is 2. The molecule has 0 aromatic heterocycles. The molecule has 5 aliphatic heterocycles. The lowest BCUT2D eigenvalue weighted by Gasteiger charge is -2.38. The number of ether oxygens (including phenoxy) is 3. The van der Waals surface area contributed by atoms with E-state index >= 15 is 0 Å². The molecule has 7 atom stereocenters. The first-order chi connectivity index (χ1) is 19.3. The van der Waals surface area contributed by atoms with Crippen molar-refractivity contribution in [3.63, 3.8) is 0 Å². The predicted octanol–water partition coefficient (Wildman–Crippen LogP) is -0.923. The van der Waals surface area contributed by atoms with E-state index < -0.39 is 53.6 Å². The fraction of sp³-hybridized carbons (Fsp3) is 0.714. The Balaban J connectivity index is 1.49. The number of carbonyl (C=O) groups excluding carboxylic acids is 4. The number of nitrogens with zero attached hydrogens (tertiary/aromatic N) is 3. The second kappa shape index (κ2) is 12.0. The van der Waals surface area contributed by atoms with Gasteiger partial charge in [0.25, 0.3) is 0 Å². The third-order valence-corrected chi connectivity index (χ3v) is 8.58. The van der Waals surface area contributed by atoms with E-state index in [0.29, 0.717) is 39.3 Å². The Hall–Kier alpha value is -2.80. The SMILES string of the molecule is C[C@H](CO)N1C(=O)[C@H]2[C@@H]3C(=O)O[C@@H](C)CNC(=O)CC/C=C\[C@@H]3O[C@]23C=CCN(CCN2CCOCC2)C(=O)[C@H]13. The first kappa shape index (κ1) is 28.7. The van der Waals surface area contributed by atoms with Crippen LogP contribution in [0.4, 0.5) is 0 Å². The zero-order valence-corrected chi connectivity index (χ0v) is 23.2. The van der Waals surface area contributed by atoms with E-state index in [1.165, 1.54) is 4.90 Å². The lowest BCUT2D eigenvalue weighted by molar-refractivity contribution is -0.159. The van der Waals surface area contributed by atoms with Crippen LogP contribution in [0.2, 0.25) is 0 Å². The highest BCUT2D eigenvalue weighted by Gasteiger charge is 2.72. The molecule has 12 heteroatoms. The number of nitrogens with one attached hydrogen (secondary N) is 1. The molecule has 5 heterocycles. The molecule has 3 saturated heterocycles. The number of aliphatic hydroxyl groups excluding tert-OH is 1. The molecule has 5 rings (SSSR count). The van der Waals surface area contributed by atoms with E-state index in [-0.39, 0.29) is 31.4 Å². The van der Waals surface area contributed by atoms with E-state index in [9.17, 15) is 24.3 Å². The molecular formula is C28H40N4O8. The molecule has 0 radical (unpaired) electrons. The molecule has 3 amide bonds. The smallest absolute Gasteiger partial charge is 0.313 e. The fourth-order valence-electron chi connectivity index (χ4n) is 6.50. The van der Waals surface area contributed by atoms with Crippen LogP contribution in [0.3, 0.4) is 0 Å². The minimum absolute atomic E-state index is 0.147. The maximum atomic E-state index is 14.2. The maximum absolute atomic E-state index is 14.2. The largest absolute Gasteiger partial charge is 0.460 e. The highest BCUT2D eigenvalue weighted by Crippen LogP contribution is 2.53. The summed E-state index contributed by atoms with van der Waals surface area (Å²) in [7, 11) is 0. The van der Waals surface area contributed by atoms with Crippen LogP contribution < -0.4 is 5.32 Å². The molecule has 1 spiro atoms. The Morgan fingerprint density at radius 3 is 2.65 bits per heavy atom. The summed E-state index contributed by atoms with van der Waals surface area (Å²) in [6.07, 6.45) is 6.38. The van der Waals surface area contributed by atoms with Crippen molar-refractivity contribution in [1.29, 1.82) is 0 Å². The molecule has 0 bridgehead atoms. The van der Waals surface area contributed by atoms with Gasteiger partial charge in [-0.25, -0.2) is 0 Å². The summed E-state index contributed by atoms with van der Waals surface area (Å²) in [4.78, 5) is 59.4. The average Bonchev–Trinajstić information content (AvgIpc) is 3.34. The Morgan fingerprint density at radius 1 is 1.12 bits per heavy atom. The lowest BCUT2D eigenvalue weighted by atomic mass is 9.78. The molecule has 5 aliphatic rings. The van der Waals surface area contributed by atoms with Crippen LogP contribution in [0, 0.1) is 11.8 Å². The van der Waals surface area contributed by atoms with Crippen molar-refractivity contribution in [1.82, 2.24) is 20.0 Å². The monoisotopic (exact) mass is 560 g/mol. The first-order valence-electron chi connectivity index (χ1n) is 14.3. The van der Waals surface area contributed by atoms with Crippen molar-refractivity contribution >= 4 is 23.7 Å². The van der Waals surface area contributed by atoms with Gasteiger partial charge in [0.1, 0.15) is 23.7 Å². The highest BCUT2D eigenvalue weighted by atomic mass is 16.6. The minimum atomic E-state index is -1.40. The first-order valence-corrected chi connectivity index (χ1v) is 14.3. The number of fused-ring (bicyclic) bond motifs is 2. The zero-order chi connectivity index (χ0) is 28.4. The van der Waals surface area contributed by atoms with Gasteiger partial charge in [-0.05, 0) is 20.3 Å². The predicted molar refractivity (Wildman–Crippen MR) is 142 cm³/mol. The number of allylic oxidation sites excluding steroid dienone is 1. The van der Waals surface area contributed by atoms with E-state index in [1.807, 2.05) is 6.08 Å². The van der Waals surface area contributed by atoms with Crippen molar-refractivity contribution in [2.75, 3.05) is 59.1 Å². The molecule has 40 heavy (non-hydrogen) atoms. The lowest BCUT2D eigenvalue weighted by Crippen LogP contribution is -2.58. The normalized spacial score (nSPS) is 36.9. The van der Waals surface area contributed by atoms with E-state index in [0.717, 1.165) is 13.1 Å². The second-order valence-electron chi connectivity index (χ2n) is 11.3. The van der Waals surface area contributed by atoms with Crippen molar-refractivity contribution in [3.8, 4) is 0 Å². The molecule has 0 saturated carbocycles. The van der Waals surface area contributed by atoms with Gasteiger partial charge in [-0.3, -0.25) is 24.1 Å². The van der Waals surface area contributed by atoms with Gasteiger partial charge in [0, 0.05) is 39.1 Å². The number of hydrogen-bond acceptors (Lipinski definition) is 9. The Kier molecular flexibility index (Phi) is 8.60. The van der Waals surface area contributed by atoms with Gasteiger partial charge >= 0.3 is 5.97 Å². The van der Waals surface area contributed by atoms with Gasteiger partial charge in [-0.2, -0.15) is 0 Å². The third kappa shape index (κ3) is 5.29. The molecule has 3 fully saturated rings. The molecular weight excluding hydrogens is 520 g/mol. The van der Waals surface area contributed by atoms with Gasteiger partial charge < -0.3 is 34.4 Å². The van der Waals surface area contributed by atoms with E-state index in [1.54, 1.807) is 37.0 Å². The molecule has 12 nitrogen and oxygen atoms in total. The fourth-order valence-corrected chi connectivity index (χ4v) is 6.50. The van der Waals surface area contributed by atoms with Crippen molar-refractivity contribution in [2.24, 2.45) is 11.8 Å². The quantitative estimate of drug-likeness (QED) is 0.323. The zero-order valence-electron chi connectivity index (χ0n) is 23.2. The summed E-state index contributed by atoms with van der Waals surface area (Å²) in [5.41, 5.74) is -1.40. The maximum Gasteiger partial charge on any atom is 0.313 e. The summed E-state index contributed by atoms with van der Waals surface area (Å²) in [5, 5.41) is 12.8. The van der Waals surface area contributed by atoms with Gasteiger partial charge in [0.05, 0.1) is 44.4 Å². The summed E-state index contributed by atoms with van der Waals surface area (Å²) in [5.74, 6) is -3.43. The second-order valence-corrected chi connectivity index (χ2v) is 11.3. The van der Waals surface area contributed by atoms with E-state index in [2.05, 4.69) is 10.2 Å². The number of carbonyl (C=O) groups is 4. The number of likely N-dealkylation sites (tertiary alicyclic amines) is 1. The van der Waals surface area contributed by atoms with Crippen LogP contribution in [-0.4, -0.2) is 132 Å². The molecule has 0 unspecified atom stereocenters. The molecule has 0 aliphatic carbocycles. The molecule has 0 aromatic carbocycles. The number of rotatable bonds is 5. The number of esters is 1.